The minimum atomic E-state index is -0.311. The van der Waals surface area contributed by atoms with Crippen LogP contribution in [0.3, 0.4) is 0 Å². The summed E-state index contributed by atoms with van der Waals surface area (Å²) in [6.07, 6.45) is 0. The van der Waals surface area contributed by atoms with Gasteiger partial charge < -0.3 is 5.73 Å². The molecule has 0 amide bonds. The van der Waals surface area contributed by atoms with Crippen LogP contribution < -0.4 is 5.73 Å². The van der Waals surface area contributed by atoms with Crippen molar-refractivity contribution in [2.45, 2.75) is 17.6 Å². The predicted molar refractivity (Wildman–Crippen MR) is 76.6 cm³/mol. The van der Waals surface area contributed by atoms with Crippen LogP contribution in [0, 0.1) is 12.7 Å². The van der Waals surface area contributed by atoms with Gasteiger partial charge in [0.2, 0.25) is 0 Å². The summed E-state index contributed by atoms with van der Waals surface area (Å²) >= 11 is 7.64. The van der Waals surface area contributed by atoms with E-state index in [1.807, 2.05) is 25.1 Å². The van der Waals surface area contributed by atoms with E-state index in [-0.39, 0.29) is 5.82 Å². The smallest absolute Gasteiger partial charge is 0.124 e. The second-order valence-corrected chi connectivity index (χ2v) is 5.42. The van der Waals surface area contributed by atoms with Crippen molar-refractivity contribution in [1.82, 2.24) is 0 Å². The van der Waals surface area contributed by atoms with Gasteiger partial charge in [-0.1, -0.05) is 23.7 Å². The van der Waals surface area contributed by atoms with E-state index in [9.17, 15) is 4.39 Å². The lowest BCUT2D eigenvalue weighted by molar-refractivity contribution is 0.627. The van der Waals surface area contributed by atoms with E-state index >= 15 is 0 Å². The van der Waals surface area contributed by atoms with Crippen LogP contribution in [0.2, 0.25) is 5.02 Å². The molecule has 4 heteroatoms. The molecule has 0 fully saturated rings. The molecule has 0 aliphatic rings. The Morgan fingerprint density at radius 3 is 2.78 bits per heavy atom. The van der Waals surface area contributed by atoms with Gasteiger partial charge >= 0.3 is 0 Å². The van der Waals surface area contributed by atoms with Crippen LogP contribution in [0.5, 0.6) is 0 Å². The SMILES string of the molecule is Cc1c(N)cccc1SCc1ccc(F)cc1Cl. The summed E-state index contributed by atoms with van der Waals surface area (Å²) in [6, 6.07) is 10.3. The first kappa shape index (κ1) is 13.2. The van der Waals surface area contributed by atoms with Gasteiger partial charge in [-0.15, -0.1) is 11.8 Å². The fourth-order valence-electron chi connectivity index (χ4n) is 1.58. The van der Waals surface area contributed by atoms with Crippen molar-refractivity contribution in [2.75, 3.05) is 5.73 Å². The Balaban J connectivity index is 2.14. The maximum Gasteiger partial charge on any atom is 0.124 e. The fraction of sp³-hybridized carbons (Fsp3) is 0.143. The van der Waals surface area contributed by atoms with Gasteiger partial charge in [0.25, 0.3) is 0 Å². The second kappa shape index (κ2) is 5.63. The van der Waals surface area contributed by atoms with Crippen molar-refractivity contribution in [2.24, 2.45) is 0 Å². The minimum Gasteiger partial charge on any atom is -0.398 e. The fourth-order valence-corrected chi connectivity index (χ4v) is 2.97. The Bertz CT molecular complexity index is 572. The van der Waals surface area contributed by atoms with Gasteiger partial charge in [0.15, 0.2) is 0 Å². The highest BCUT2D eigenvalue weighted by atomic mass is 35.5. The molecule has 0 aromatic heterocycles. The normalized spacial score (nSPS) is 10.6. The second-order valence-electron chi connectivity index (χ2n) is 3.99. The van der Waals surface area contributed by atoms with E-state index in [2.05, 4.69) is 0 Å². The van der Waals surface area contributed by atoms with E-state index in [1.165, 1.54) is 12.1 Å². The lowest BCUT2D eigenvalue weighted by Crippen LogP contribution is -1.91. The van der Waals surface area contributed by atoms with E-state index in [4.69, 9.17) is 17.3 Å². The molecule has 1 nitrogen and oxygen atoms in total. The zero-order valence-corrected chi connectivity index (χ0v) is 11.5. The quantitative estimate of drug-likeness (QED) is 0.654. The topological polar surface area (TPSA) is 26.0 Å². The molecular formula is C14H13ClFNS. The van der Waals surface area contributed by atoms with E-state index in [0.717, 1.165) is 21.7 Å². The molecule has 0 heterocycles. The molecule has 0 bridgehead atoms. The van der Waals surface area contributed by atoms with Crippen molar-refractivity contribution < 1.29 is 4.39 Å². The third kappa shape index (κ3) is 2.98. The van der Waals surface area contributed by atoms with E-state index < -0.39 is 0 Å². The number of hydrogen-bond donors (Lipinski definition) is 1. The van der Waals surface area contributed by atoms with Gasteiger partial charge in [0, 0.05) is 21.4 Å². The van der Waals surface area contributed by atoms with E-state index in [1.54, 1.807) is 17.8 Å². The van der Waals surface area contributed by atoms with Crippen LogP contribution in [0.4, 0.5) is 10.1 Å². The lowest BCUT2D eigenvalue weighted by atomic mass is 10.2. The van der Waals surface area contributed by atoms with Crippen molar-refractivity contribution >= 4 is 29.1 Å². The molecule has 0 radical (unpaired) electrons. The molecule has 0 aliphatic carbocycles. The Morgan fingerprint density at radius 2 is 2.06 bits per heavy atom. The monoisotopic (exact) mass is 281 g/mol. The number of thioether (sulfide) groups is 1. The van der Waals surface area contributed by atoms with Crippen LogP contribution >= 0.6 is 23.4 Å². The summed E-state index contributed by atoms with van der Waals surface area (Å²) in [6.45, 7) is 1.99. The van der Waals surface area contributed by atoms with Gasteiger partial charge in [-0.3, -0.25) is 0 Å². The molecule has 2 rings (SSSR count). The summed E-state index contributed by atoms with van der Waals surface area (Å²) < 4.78 is 12.9. The zero-order valence-electron chi connectivity index (χ0n) is 9.91. The first-order valence-corrected chi connectivity index (χ1v) is 6.86. The van der Waals surface area contributed by atoms with Gasteiger partial charge in [-0.2, -0.15) is 0 Å². The largest absolute Gasteiger partial charge is 0.398 e. The number of anilines is 1. The van der Waals surface area contributed by atoms with Crippen molar-refractivity contribution in [3.63, 3.8) is 0 Å². The van der Waals surface area contributed by atoms with E-state index in [0.29, 0.717) is 10.8 Å². The lowest BCUT2D eigenvalue weighted by Gasteiger charge is -2.08. The molecular weight excluding hydrogens is 269 g/mol. The van der Waals surface area contributed by atoms with Gasteiger partial charge in [-0.05, 0) is 42.3 Å². The van der Waals surface area contributed by atoms with Gasteiger partial charge in [0.1, 0.15) is 5.82 Å². The molecule has 2 N–H and O–H groups in total. The average Bonchev–Trinajstić information content (AvgIpc) is 2.33. The summed E-state index contributed by atoms with van der Waals surface area (Å²) in [5, 5.41) is 0.462. The standard InChI is InChI=1S/C14H13ClFNS/c1-9-13(17)3-2-4-14(9)18-8-10-5-6-11(16)7-12(10)15/h2-7H,8,17H2,1H3. The molecule has 0 unspecified atom stereocenters. The predicted octanol–water partition coefficient (Wildman–Crippen LogP) is 4.66. The summed E-state index contributed by atoms with van der Waals surface area (Å²) in [5.74, 6) is 0.387. The zero-order chi connectivity index (χ0) is 13.1. The van der Waals surface area contributed by atoms with Crippen molar-refractivity contribution in [3.05, 3.63) is 58.4 Å². The molecule has 2 aromatic rings. The van der Waals surface area contributed by atoms with Crippen LogP contribution in [-0.2, 0) is 5.75 Å². The highest BCUT2D eigenvalue weighted by Gasteiger charge is 2.05. The maximum absolute atomic E-state index is 12.9. The van der Waals surface area contributed by atoms with Crippen molar-refractivity contribution in [3.8, 4) is 0 Å². The maximum atomic E-state index is 12.9. The molecule has 0 aliphatic heterocycles. The molecule has 2 aromatic carbocycles. The first-order chi connectivity index (χ1) is 8.58. The summed E-state index contributed by atoms with van der Waals surface area (Å²) in [5.41, 5.74) is 8.62. The third-order valence-corrected chi connectivity index (χ3v) is 4.28. The Kier molecular flexibility index (Phi) is 4.15. The number of hydrogen-bond acceptors (Lipinski definition) is 2. The van der Waals surface area contributed by atoms with Crippen LogP contribution in [0.25, 0.3) is 0 Å². The third-order valence-electron chi connectivity index (χ3n) is 2.72. The van der Waals surface area contributed by atoms with Crippen LogP contribution in [0.1, 0.15) is 11.1 Å². The van der Waals surface area contributed by atoms with Gasteiger partial charge in [0.05, 0.1) is 0 Å². The average molecular weight is 282 g/mol. The highest BCUT2D eigenvalue weighted by molar-refractivity contribution is 7.98. The highest BCUT2D eigenvalue weighted by Crippen LogP contribution is 2.31. The number of nitrogen functional groups attached to an aromatic ring is 1. The number of halogens is 2. The number of nitrogens with two attached hydrogens (primary N) is 1. The molecule has 0 saturated carbocycles. The number of rotatable bonds is 3. The molecule has 18 heavy (non-hydrogen) atoms. The van der Waals surface area contributed by atoms with Crippen molar-refractivity contribution in [1.29, 1.82) is 0 Å². The summed E-state index contributed by atoms with van der Waals surface area (Å²) in [7, 11) is 0. The molecule has 0 spiro atoms. The van der Waals surface area contributed by atoms with Crippen LogP contribution in [-0.4, -0.2) is 0 Å². The Morgan fingerprint density at radius 1 is 1.28 bits per heavy atom. The van der Waals surface area contributed by atoms with Crippen LogP contribution in [0.15, 0.2) is 41.3 Å². The molecule has 94 valence electrons. The Hall–Kier alpha value is -1.19. The number of benzene rings is 2. The molecule has 0 saturated heterocycles. The van der Waals surface area contributed by atoms with Gasteiger partial charge in [-0.25, -0.2) is 4.39 Å². The Labute approximate surface area is 115 Å². The minimum absolute atomic E-state index is 0.311. The first-order valence-electron chi connectivity index (χ1n) is 5.50. The summed E-state index contributed by atoms with van der Waals surface area (Å²) in [4.78, 5) is 1.12. The molecule has 0 atom stereocenters.